The van der Waals surface area contributed by atoms with Gasteiger partial charge in [-0.15, -0.1) is 0 Å². The molecule has 0 N–H and O–H groups in total. The van der Waals surface area contributed by atoms with Crippen molar-refractivity contribution in [3.8, 4) is 0 Å². The second kappa shape index (κ2) is 5.39. The van der Waals surface area contributed by atoms with Gasteiger partial charge in [0.05, 0.1) is 0 Å². The van der Waals surface area contributed by atoms with Crippen LogP contribution in [0.1, 0.15) is 15.9 Å². The van der Waals surface area contributed by atoms with Crippen molar-refractivity contribution in [2.45, 2.75) is 4.82 Å². The van der Waals surface area contributed by atoms with E-state index in [1.54, 1.807) is 0 Å². The van der Waals surface area contributed by atoms with Crippen molar-refractivity contribution in [2.24, 2.45) is 0 Å². The SMILES string of the molecule is C1=C[Se]C(c2ccccc2)C(c2ccccc2)=C1. The fourth-order valence-electron chi connectivity index (χ4n) is 2.19. The van der Waals surface area contributed by atoms with E-state index in [9.17, 15) is 0 Å². The van der Waals surface area contributed by atoms with E-state index in [4.69, 9.17) is 0 Å². The second-order valence-corrected chi connectivity index (χ2v) is 6.37. The number of allylic oxidation sites excluding steroid dienone is 3. The zero-order chi connectivity index (χ0) is 12.2. The summed E-state index contributed by atoms with van der Waals surface area (Å²) in [6, 6.07) is 21.5. The number of hydrogen-bond acceptors (Lipinski definition) is 0. The standard InChI is InChI=1S/C17H14Se/c1-3-8-14(9-4-1)16-12-7-13-18-17(16)15-10-5-2-6-11-15/h1-13,17H. The van der Waals surface area contributed by atoms with Crippen LogP contribution in [0, 0.1) is 0 Å². The van der Waals surface area contributed by atoms with Gasteiger partial charge in [0.1, 0.15) is 0 Å². The Bertz CT molecular complexity index is 567. The molecule has 0 bridgehead atoms. The second-order valence-electron chi connectivity index (χ2n) is 4.24. The van der Waals surface area contributed by atoms with Crippen molar-refractivity contribution in [3.05, 3.63) is 88.9 Å². The van der Waals surface area contributed by atoms with Crippen LogP contribution in [-0.2, 0) is 0 Å². The van der Waals surface area contributed by atoms with Crippen molar-refractivity contribution in [2.75, 3.05) is 0 Å². The molecule has 1 atom stereocenters. The van der Waals surface area contributed by atoms with Gasteiger partial charge >= 0.3 is 114 Å². The van der Waals surface area contributed by atoms with E-state index >= 15 is 0 Å². The van der Waals surface area contributed by atoms with Gasteiger partial charge in [0, 0.05) is 0 Å². The van der Waals surface area contributed by atoms with Gasteiger partial charge in [-0.2, -0.15) is 0 Å². The molecule has 0 amide bonds. The molecule has 2 aromatic carbocycles. The first kappa shape index (κ1) is 11.5. The Balaban J connectivity index is 2.01. The molecule has 0 radical (unpaired) electrons. The number of benzene rings is 2. The molecular weight excluding hydrogens is 283 g/mol. The van der Waals surface area contributed by atoms with Gasteiger partial charge in [0.15, 0.2) is 0 Å². The first-order chi connectivity index (χ1) is 8.95. The first-order valence-corrected chi connectivity index (χ1v) is 8.05. The summed E-state index contributed by atoms with van der Waals surface area (Å²) in [6.45, 7) is 0. The molecule has 1 heterocycles. The normalized spacial score (nSPS) is 18.4. The van der Waals surface area contributed by atoms with Gasteiger partial charge in [-0.3, -0.25) is 0 Å². The monoisotopic (exact) mass is 298 g/mol. The maximum atomic E-state index is 2.32. The van der Waals surface area contributed by atoms with Crippen molar-refractivity contribution < 1.29 is 0 Å². The van der Waals surface area contributed by atoms with Crippen LogP contribution in [-0.4, -0.2) is 15.0 Å². The van der Waals surface area contributed by atoms with Crippen LogP contribution < -0.4 is 0 Å². The van der Waals surface area contributed by atoms with Gasteiger partial charge in [-0.1, -0.05) is 0 Å². The van der Waals surface area contributed by atoms with Crippen LogP contribution in [0.4, 0.5) is 0 Å². The van der Waals surface area contributed by atoms with Gasteiger partial charge in [0.25, 0.3) is 0 Å². The van der Waals surface area contributed by atoms with Gasteiger partial charge in [0.2, 0.25) is 0 Å². The molecule has 18 heavy (non-hydrogen) atoms. The Morgan fingerprint density at radius 2 is 1.44 bits per heavy atom. The molecular formula is C17H14Se. The summed E-state index contributed by atoms with van der Waals surface area (Å²) in [5.74, 6) is 0. The predicted octanol–water partition coefficient (Wildman–Crippen LogP) is 4.04. The Labute approximate surface area is 114 Å². The third kappa shape index (κ3) is 2.33. The summed E-state index contributed by atoms with van der Waals surface area (Å²) in [7, 11) is 0. The molecule has 0 saturated heterocycles. The predicted molar refractivity (Wildman–Crippen MR) is 78.5 cm³/mol. The first-order valence-electron chi connectivity index (χ1n) is 6.08. The number of hydrogen-bond donors (Lipinski definition) is 0. The summed E-state index contributed by atoms with van der Waals surface area (Å²) >= 11 is 0.501. The molecule has 88 valence electrons. The molecule has 0 fully saturated rings. The van der Waals surface area contributed by atoms with E-state index in [0.717, 1.165) is 0 Å². The minimum atomic E-state index is 0.501. The molecule has 0 nitrogen and oxygen atoms in total. The Morgan fingerprint density at radius 3 is 2.17 bits per heavy atom. The van der Waals surface area contributed by atoms with Gasteiger partial charge in [-0.25, -0.2) is 0 Å². The average Bonchev–Trinajstić information content (AvgIpc) is 2.49. The third-order valence-electron chi connectivity index (χ3n) is 3.06. The molecule has 1 heteroatoms. The molecule has 1 unspecified atom stereocenters. The third-order valence-corrected chi connectivity index (χ3v) is 5.40. The fraction of sp³-hybridized carbons (Fsp3) is 0.0588. The minimum absolute atomic E-state index is 0.501. The summed E-state index contributed by atoms with van der Waals surface area (Å²) < 4.78 is 0. The maximum absolute atomic E-state index is 2.32. The van der Waals surface area contributed by atoms with Crippen molar-refractivity contribution in [1.29, 1.82) is 0 Å². The Morgan fingerprint density at radius 1 is 0.778 bits per heavy atom. The van der Waals surface area contributed by atoms with Gasteiger partial charge < -0.3 is 0 Å². The van der Waals surface area contributed by atoms with E-state index in [0.29, 0.717) is 19.8 Å². The number of rotatable bonds is 2. The fourth-order valence-corrected chi connectivity index (χ4v) is 4.29. The zero-order valence-electron chi connectivity index (χ0n) is 9.99. The summed E-state index contributed by atoms with van der Waals surface area (Å²) in [5.41, 5.74) is 4.22. The molecule has 2 aromatic rings. The Kier molecular flexibility index (Phi) is 3.45. The van der Waals surface area contributed by atoms with Crippen LogP contribution in [0.5, 0.6) is 0 Å². The van der Waals surface area contributed by atoms with E-state index < -0.39 is 0 Å². The molecule has 3 rings (SSSR count). The van der Waals surface area contributed by atoms with Crippen LogP contribution in [0.2, 0.25) is 0 Å². The van der Waals surface area contributed by atoms with E-state index in [1.807, 2.05) is 0 Å². The molecule has 0 aromatic heterocycles. The molecule has 0 saturated carbocycles. The van der Waals surface area contributed by atoms with Crippen LogP contribution in [0.15, 0.2) is 77.8 Å². The van der Waals surface area contributed by atoms with Crippen LogP contribution >= 0.6 is 0 Å². The van der Waals surface area contributed by atoms with Crippen LogP contribution in [0.3, 0.4) is 0 Å². The molecule has 1 aliphatic rings. The topological polar surface area (TPSA) is 0 Å². The quantitative estimate of drug-likeness (QED) is 0.734. The van der Waals surface area contributed by atoms with E-state index in [2.05, 4.69) is 77.8 Å². The summed E-state index contributed by atoms with van der Waals surface area (Å²) in [5, 5.41) is 0. The van der Waals surface area contributed by atoms with Crippen LogP contribution in [0.25, 0.3) is 5.57 Å². The van der Waals surface area contributed by atoms with Crippen molar-refractivity contribution in [1.82, 2.24) is 0 Å². The van der Waals surface area contributed by atoms with Gasteiger partial charge in [-0.05, 0) is 0 Å². The summed E-state index contributed by atoms with van der Waals surface area (Å²) in [4.78, 5) is 2.86. The van der Waals surface area contributed by atoms with Crippen molar-refractivity contribution in [3.63, 3.8) is 0 Å². The molecule has 0 aliphatic carbocycles. The van der Waals surface area contributed by atoms with E-state index in [-0.39, 0.29) is 0 Å². The van der Waals surface area contributed by atoms with Crippen molar-refractivity contribution >= 4 is 20.5 Å². The summed E-state index contributed by atoms with van der Waals surface area (Å²) in [6.07, 6.45) is 4.46. The Hall–Kier alpha value is -1.56. The zero-order valence-corrected chi connectivity index (χ0v) is 11.7. The molecule has 1 aliphatic heterocycles. The van der Waals surface area contributed by atoms with E-state index in [1.165, 1.54) is 16.7 Å². The molecule has 0 spiro atoms. The average molecular weight is 297 g/mol.